The Morgan fingerprint density at radius 3 is 2.75 bits per heavy atom. The summed E-state index contributed by atoms with van der Waals surface area (Å²) in [7, 11) is 5.01. The SMILES string of the molecule is COc1cnn(C)c1C(=O)c1cn(C)cn1. The van der Waals surface area contributed by atoms with Crippen LogP contribution >= 0.6 is 0 Å². The zero-order valence-corrected chi connectivity index (χ0v) is 9.34. The quantitative estimate of drug-likeness (QED) is 0.702. The maximum absolute atomic E-state index is 12.1. The van der Waals surface area contributed by atoms with Crippen LogP contribution in [-0.4, -0.2) is 32.2 Å². The van der Waals surface area contributed by atoms with Gasteiger partial charge in [-0.25, -0.2) is 4.98 Å². The van der Waals surface area contributed by atoms with E-state index in [9.17, 15) is 4.79 Å². The number of carbonyl (C=O) groups is 1. The molecule has 16 heavy (non-hydrogen) atoms. The number of carbonyl (C=O) groups excluding carboxylic acids is 1. The van der Waals surface area contributed by atoms with Gasteiger partial charge in [0, 0.05) is 20.3 Å². The summed E-state index contributed by atoms with van der Waals surface area (Å²) in [5.41, 5.74) is 0.783. The maximum atomic E-state index is 12.1. The lowest BCUT2D eigenvalue weighted by Crippen LogP contribution is -2.10. The summed E-state index contributed by atoms with van der Waals surface area (Å²) in [4.78, 5) is 16.1. The fourth-order valence-corrected chi connectivity index (χ4v) is 1.48. The van der Waals surface area contributed by atoms with Gasteiger partial charge in [0.15, 0.2) is 11.4 Å². The van der Waals surface area contributed by atoms with Crippen molar-refractivity contribution in [1.82, 2.24) is 19.3 Å². The van der Waals surface area contributed by atoms with Gasteiger partial charge in [-0.15, -0.1) is 0 Å². The Kier molecular flexibility index (Phi) is 2.47. The van der Waals surface area contributed by atoms with E-state index in [1.54, 1.807) is 24.1 Å². The van der Waals surface area contributed by atoms with Gasteiger partial charge < -0.3 is 9.30 Å². The van der Waals surface area contributed by atoms with Crippen molar-refractivity contribution in [1.29, 1.82) is 0 Å². The number of nitrogens with zero attached hydrogens (tertiary/aromatic N) is 4. The standard InChI is InChI=1S/C10H12N4O2/c1-13-5-7(11-6-13)10(15)9-8(16-3)4-12-14(9)2/h4-6H,1-3H3. The molecule has 2 aromatic rings. The number of hydrogen-bond acceptors (Lipinski definition) is 4. The van der Waals surface area contributed by atoms with Gasteiger partial charge >= 0.3 is 0 Å². The fourth-order valence-electron chi connectivity index (χ4n) is 1.48. The first kappa shape index (κ1) is 10.4. The summed E-state index contributed by atoms with van der Waals surface area (Å²) in [5.74, 6) is 0.260. The van der Waals surface area contributed by atoms with E-state index < -0.39 is 0 Å². The smallest absolute Gasteiger partial charge is 0.234 e. The number of methoxy groups -OCH3 is 1. The third-order valence-corrected chi connectivity index (χ3v) is 2.28. The van der Waals surface area contributed by atoms with Crippen LogP contribution in [0.5, 0.6) is 5.75 Å². The van der Waals surface area contributed by atoms with E-state index in [-0.39, 0.29) is 5.78 Å². The topological polar surface area (TPSA) is 61.9 Å². The predicted octanol–water partition coefficient (Wildman–Crippen LogP) is 0.393. The average Bonchev–Trinajstić information content (AvgIpc) is 2.83. The Morgan fingerprint density at radius 1 is 1.44 bits per heavy atom. The second-order valence-electron chi connectivity index (χ2n) is 3.44. The second kappa shape index (κ2) is 3.80. The number of rotatable bonds is 3. The molecule has 0 unspecified atom stereocenters. The van der Waals surface area contributed by atoms with E-state index >= 15 is 0 Å². The van der Waals surface area contributed by atoms with Crippen LogP contribution in [0.1, 0.15) is 16.2 Å². The lowest BCUT2D eigenvalue weighted by Gasteiger charge is -2.01. The number of imidazole rings is 1. The van der Waals surface area contributed by atoms with Crippen LogP contribution in [0.2, 0.25) is 0 Å². The monoisotopic (exact) mass is 220 g/mol. The van der Waals surface area contributed by atoms with E-state index in [2.05, 4.69) is 10.1 Å². The van der Waals surface area contributed by atoms with Crippen LogP contribution in [0.15, 0.2) is 18.7 Å². The van der Waals surface area contributed by atoms with Gasteiger partial charge in [0.05, 0.1) is 19.6 Å². The summed E-state index contributed by atoms with van der Waals surface area (Å²) in [6.07, 6.45) is 4.75. The van der Waals surface area contributed by atoms with Crippen LogP contribution in [0, 0.1) is 0 Å². The van der Waals surface area contributed by atoms with Gasteiger partial charge in [-0.2, -0.15) is 5.10 Å². The number of aryl methyl sites for hydroxylation is 2. The lowest BCUT2D eigenvalue weighted by molar-refractivity contribution is 0.102. The molecular weight excluding hydrogens is 208 g/mol. The molecule has 0 saturated heterocycles. The molecule has 0 atom stereocenters. The molecular formula is C10H12N4O2. The van der Waals surface area contributed by atoms with Crippen molar-refractivity contribution in [3.8, 4) is 5.75 Å². The average molecular weight is 220 g/mol. The van der Waals surface area contributed by atoms with Gasteiger partial charge in [-0.05, 0) is 0 Å². The summed E-state index contributed by atoms with van der Waals surface area (Å²) < 4.78 is 8.28. The summed E-state index contributed by atoms with van der Waals surface area (Å²) in [6, 6.07) is 0. The van der Waals surface area contributed by atoms with Crippen LogP contribution in [0.4, 0.5) is 0 Å². The second-order valence-corrected chi connectivity index (χ2v) is 3.44. The zero-order chi connectivity index (χ0) is 11.7. The van der Waals surface area contributed by atoms with E-state index in [1.165, 1.54) is 18.0 Å². The maximum Gasteiger partial charge on any atom is 0.234 e. The molecule has 2 rings (SSSR count). The molecule has 2 heterocycles. The highest BCUT2D eigenvalue weighted by molar-refractivity contribution is 6.08. The predicted molar refractivity (Wildman–Crippen MR) is 56.4 cm³/mol. The minimum Gasteiger partial charge on any atom is -0.493 e. The van der Waals surface area contributed by atoms with Gasteiger partial charge in [-0.3, -0.25) is 9.48 Å². The van der Waals surface area contributed by atoms with Gasteiger partial charge in [0.2, 0.25) is 5.78 Å². The Labute approximate surface area is 92.5 Å². The zero-order valence-electron chi connectivity index (χ0n) is 9.34. The fraction of sp³-hybridized carbons (Fsp3) is 0.300. The number of aromatic nitrogens is 4. The molecule has 0 aliphatic rings. The Bertz CT molecular complexity index is 527. The first-order chi connectivity index (χ1) is 7.63. The molecule has 0 aliphatic heterocycles. The lowest BCUT2D eigenvalue weighted by atomic mass is 10.2. The molecule has 84 valence electrons. The summed E-state index contributed by atoms with van der Waals surface area (Å²) in [5, 5.41) is 3.98. The van der Waals surface area contributed by atoms with Crippen molar-refractivity contribution in [2.75, 3.05) is 7.11 Å². The van der Waals surface area contributed by atoms with Gasteiger partial charge in [0.1, 0.15) is 5.69 Å². The van der Waals surface area contributed by atoms with E-state index in [1.807, 2.05) is 7.05 Å². The minimum atomic E-state index is -0.197. The Morgan fingerprint density at radius 2 is 2.19 bits per heavy atom. The highest BCUT2D eigenvalue weighted by Gasteiger charge is 2.20. The van der Waals surface area contributed by atoms with Crippen molar-refractivity contribution < 1.29 is 9.53 Å². The molecule has 0 saturated carbocycles. The molecule has 0 spiro atoms. The molecule has 6 nitrogen and oxygen atoms in total. The molecule has 0 amide bonds. The van der Waals surface area contributed by atoms with Crippen molar-refractivity contribution in [2.45, 2.75) is 0 Å². The van der Waals surface area contributed by atoms with Crippen LogP contribution in [0.25, 0.3) is 0 Å². The molecule has 2 aromatic heterocycles. The minimum absolute atomic E-state index is 0.197. The van der Waals surface area contributed by atoms with Crippen molar-refractivity contribution >= 4 is 5.78 Å². The van der Waals surface area contributed by atoms with Crippen LogP contribution in [0.3, 0.4) is 0 Å². The molecule has 6 heteroatoms. The van der Waals surface area contributed by atoms with E-state index in [0.29, 0.717) is 17.1 Å². The third kappa shape index (κ3) is 1.58. The highest BCUT2D eigenvalue weighted by atomic mass is 16.5. The van der Waals surface area contributed by atoms with E-state index in [4.69, 9.17) is 4.74 Å². The summed E-state index contributed by atoms with van der Waals surface area (Å²) >= 11 is 0. The molecule has 0 aromatic carbocycles. The molecule has 0 fully saturated rings. The van der Waals surface area contributed by atoms with Gasteiger partial charge in [-0.1, -0.05) is 0 Å². The Hall–Kier alpha value is -2.11. The number of hydrogen-bond donors (Lipinski definition) is 0. The first-order valence-electron chi connectivity index (χ1n) is 4.72. The van der Waals surface area contributed by atoms with Crippen molar-refractivity contribution in [3.05, 3.63) is 30.1 Å². The van der Waals surface area contributed by atoms with Crippen LogP contribution in [-0.2, 0) is 14.1 Å². The number of ketones is 1. The normalized spacial score (nSPS) is 10.4. The molecule has 0 N–H and O–H groups in total. The van der Waals surface area contributed by atoms with E-state index in [0.717, 1.165) is 0 Å². The summed E-state index contributed by atoms with van der Waals surface area (Å²) in [6.45, 7) is 0. The largest absolute Gasteiger partial charge is 0.493 e. The molecule has 0 aliphatic carbocycles. The molecule has 0 radical (unpaired) electrons. The third-order valence-electron chi connectivity index (χ3n) is 2.28. The van der Waals surface area contributed by atoms with Crippen LogP contribution < -0.4 is 4.74 Å². The number of ether oxygens (including phenoxy) is 1. The molecule has 0 bridgehead atoms. The van der Waals surface area contributed by atoms with Crippen molar-refractivity contribution in [2.24, 2.45) is 14.1 Å². The highest BCUT2D eigenvalue weighted by Crippen LogP contribution is 2.19. The van der Waals surface area contributed by atoms with Crippen molar-refractivity contribution in [3.63, 3.8) is 0 Å². The Balaban J connectivity index is 2.44. The first-order valence-corrected chi connectivity index (χ1v) is 4.72. The van der Waals surface area contributed by atoms with Gasteiger partial charge in [0.25, 0.3) is 0 Å².